The number of nitrogens with zero attached hydrogens (tertiary/aromatic N) is 1. The van der Waals surface area contributed by atoms with Gasteiger partial charge in [0.1, 0.15) is 11.4 Å². The molecule has 2 amide bonds. The molecule has 2 heterocycles. The van der Waals surface area contributed by atoms with Crippen molar-refractivity contribution in [2.24, 2.45) is 0 Å². The molecule has 196 valence electrons. The molecule has 1 fully saturated rings. The molecule has 1 saturated heterocycles. The second-order valence-electron chi connectivity index (χ2n) is 12.9. The van der Waals surface area contributed by atoms with Crippen molar-refractivity contribution >= 4 is 12.0 Å². The van der Waals surface area contributed by atoms with Gasteiger partial charge in [-0.3, -0.25) is 4.79 Å². The van der Waals surface area contributed by atoms with E-state index in [1.807, 2.05) is 26.8 Å². The van der Waals surface area contributed by atoms with E-state index < -0.39 is 5.60 Å². The highest BCUT2D eigenvalue weighted by atomic mass is 16.6. The third-order valence-corrected chi connectivity index (χ3v) is 7.73. The van der Waals surface area contributed by atoms with Crippen LogP contribution in [0.25, 0.3) is 0 Å². The number of carbonyl (C=O) groups is 2. The maximum Gasteiger partial charge on any atom is 0.410 e. The summed E-state index contributed by atoms with van der Waals surface area (Å²) in [6.45, 7) is 18.1. The summed E-state index contributed by atoms with van der Waals surface area (Å²) in [5, 5.41) is 3.01. The van der Waals surface area contributed by atoms with Gasteiger partial charge in [0.2, 0.25) is 0 Å². The standard InChI is InChI=1S/C30H42N2O4/c1-19-15-23-24(30(7,8)13-12-29(23,5)6)17-20(19)16-22-9-10-25(35-22)26(33)31-21-11-14-32(18-21)27(34)36-28(2,3)4/h9-10,15,17,21H,11-14,16,18H2,1-8H3,(H,31,33). The minimum atomic E-state index is -0.536. The van der Waals surface area contributed by atoms with E-state index in [0.29, 0.717) is 31.7 Å². The Hall–Kier alpha value is -2.76. The van der Waals surface area contributed by atoms with Gasteiger partial charge >= 0.3 is 6.09 Å². The van der Waals surface area contributed by atoms with Crippen LogP contribution >= 0.6 is 0 Å². The Balaban J connectivity index is 1.42. The van der Waals surface area contributed by atoms with E-state index in [2.05, 4.69) is 52.1 Å². The predicted molar refractivity (Wildman–Crippen MR) is 142 cm³/mol. The third kappa shape index (κ3) is 5.63. The fraction of sp³-hybridized carbons (Fsp3) is 0.600. The van der Waals surface area contributed by atoms with E-state index in [1.54, 1.807) is 11.0 Å². The highest BCUT2D eigenvalue weighted by Gasteiger charge is 2.37. The van der Waals surface area contributed by atoms with Crippen LogP contribution in [0.15, 0.2) is 28.7 Å². The molecule has 1 N–H and O–H groups in total. The first-order valence-corrected chi connectivity index (χ1v) is 13.2. The summed E-state index contributed by atoms with van der Waals surface area (Å²) in [6.07, 6.45) is 3.37. The zero-order valence-corrected chi connectivity index (χ0v) is 23.2. The maximum atomic E-state index is 12.8. The zero-order valence-electron chi connectivity index (χ0n) is 23.2. The fourth-order valence-electron chi connectivity index (χ4n) is 5.37. The topological polar surface area (TPSA) is 71.8 Å². The zero-order chi connectivity index (χ0) is 26.5. The molecule has 1 unspecified atom stereocenters. The molecule has 0 spiro atoms. The number of furan rings is 1. The van der Waals surface area contributed by atoms with Crippen LogP contribution in [0.3, 0.4) is 0 Å². The summed E-state index contributed by atoms with van der Waals surface area (Å²) < 4.78 is 11.4. The number of amides is 2. The number of rotatable bonds is 4. The van der Waals surface area contributed by atoms with E-state index in [-0.39, 0.29) is 28.9 Å². The van der Waals surface area contributed by atoms with Gasteiger partial charge in [0.15, 0.2) is 5.76 Å². The van der Waals surface area contributed by atoms with Crippen LogP contribution in [0.5, 0.6) is 0 Å². The van der Waals surface area contributed by atoms with Crippen LogP contribution in [-0.2, 0) is 22.0 Å². The molecule has 0 radical (unpaired) electrons. The quantitative estimate of drug-likeness (QED) is 0.544. The largest absolute Gasteiger partial charge is 0.456 e. The number of likely N-dealkylation sites (tertiary alicyclic amines) is 1. The van der Waals surface area contributed by atoms with E-state index in [4.69, 9.17) is 9.15 Å². The molecule has 1 aliphatic heterocycles. The molecular formula is C30H42N2O4. The van der Waals surface area contributed by atoms with Gasteiger partial charge in [0, 0.05) is 25.6 Å². The lowest BCUT2D eigenvalue weighted by Crippen LogP contribution is -2.40. The molecule has 0 bridgehead atoms. The Kier molecular flexibility index (Phi) is 6.78. The normalized spacial score (nSPS) is 20.7. The average molecular weight is 495 g/mol. The SMILES string of the molecule is Cc1cc2c(cc1Cc1ccc(C(=O)NC3CCN(C(=O)OC(C)(C)C)C3)o1)C(C)(C)CCC2(C)C. The number of hydrogen-bond acceptors (Lipinski definition) is 4. The van der Waals surface area contributed by atoms with Crippen molar-refractivity contribution in [2.45, 2.75) is 104 Å². The van der Waals surface area contributed by atoms with Crippen LogP contribution in [0.1, 0.15) is 106 Å². The predicted octanol–water partition coefficient (Wildman–Crippen LogP) is 6.27. The van der Waals surface area contributed by atoms with Crippen LogP contribution in [0.2, 0.25) is 0 Å². The van der Waals surface area contributed by atoms with Gasteiger partial charge in [-0.05, 0) is 92.2 Å². The van der Waals surface area contributed by atoms with Crippen molar-refractivity contribution in [2.75, 3.05) is 13.1 Å². The highest BCUT2D eigenvalue weighted by Crippen LogP contribution is 2.46. The lowest BCUT2D eigenvalue weighted by molar-refractivity contribution is 0.0290. The van der Waals surface area contributed by atoms with Crippen LogP contribution < -0.4 is 5.32 Å². The number of carbonyl (C=O) groups excluding carboxylic acids is 2. The third-order valence-electron chi connectivity index (χ3n) is 7.73. The van der Waals surface area contributed by atoms with E-state index >= 15 is 0 Å². The molecule has 1 aromatic heterocycles. The molecule has 6 nitrogen and oxygen atoms in total. The van der Waals surface area contributed by atoms with Crippen LogP contribution in [0, 0.1) is 6.92 Å². The lowest BCUT2D eigenvalue weighted by Gasteiger charge is -2.42. The first-order chi connectivity index (χ1) is 16.6. The monoisotopic (exact) mass is 494 g/mol. The number of hydrogen-bond donors (Lipinski definition) is 1. The fourth-order valence-corrected chi connectivity index (χ4v) is 5.37. The van der Waals surface area contributed by atoms with Crippen LogP contribution in [0.4, 0.5) is 4.79 Å². The number of ether oxygens (including phenoxy) is 1. The van der Waals surface area contributed by atoms with E-state index in [0.717, 1.165) is 5.76 Å². The first kappa shape index (κ1) is 26.3. The van der Waals surface area contributed by atoms with Crippen molar-refractivity contribution in [1.29, 1.82) is 0 Å². The molecule has 4 rings (SSSR count). The summed E-state index contributed by atoms with van der Waals surface area (Å²) in [7, 11) is 0. The van der Waals surface area contributed by atoms with E-state index in [1.165, 1.54) is 35.1 Å². The number of fused-ring (bicyclic) bond motifs is 1. The Morgan fingerprint density at radius 1 is 1.08 bits per heavy atom. The molecule has 1 aromatic carbocycles. The van der Waals surface area contributed by atoms with Gasteiger partial charge in [-0.25, -0.2) is 4.79 Å². The van der Waals surface area contributed by atoms with Gasteiger partial charge in [-0.1, -0.05) is 39.8 Å². The second kappa shape index (κ2) is 9.28. The van der Waals surface area contributed by atoms with Crippen molar-refractivity contribution in [3.8, 4) is 0 Å². The molecule has 2 aromatic rings. The highest BCUT2D eigenvalue weighted by molar-refractivity contribution is 5.91. The smallest absolute Gasteiger partial charge is 0.410 e. The Bertz CT molecular complexity index is 1150. The van der Waals surface area contributed by atoms with Gasteiger partial charge in [0.05, 0.1) is 0 Å². The molecule has 6 heteroatoms. The van der Waals surface area contributed by atoms with Gasteiger partial charge in [-0.2, -0.15) is 0 Å². The van der Waals surface area contributed by atoms with E-state index in [9.17, 15) is 9.59 Å². The summed E-state index contributed by atoms with van der Waals surface area (Å²) in [5.74, 6) is 0.831. The minimum absolute atomic E-state index is 0.118. The van der Waals surface area contributed by atoms with Gasteiger partial charge in [0.25, 0.3) is 5.91 Å². The Morgan fingerprint density at radius 3 is 2.36 bits per heavy atom. The molecule has 36 heavy (non-hydrogen) atoms. The van der Waals surface area contributed by atoms with Crippen molar-refractivity contribution in [1.82, 2.24) is 10.2 Å². The molecule has 0 saturated carbocycles. The molecule has 1 aliphatic carbocycles. The molecule has 1 atom stereocenters. The summed E-state index contributed by atoms with van der Waals surface area (Å²) >= 11 is 0. The minimum Gasteiger partial charge on any atom is -0.456 e. The van der Waals surface area contributed by atoms with Gasteiger partial charge in [-0.15, -0.1) is 0 Å². The van der Waals surface area contributed by atoms with Gasteiger partial charge < -0.3 is 19.4 Å². The maximum absolute atomic E-state index is 12.8. The van der Waals surface area contributed by atoms with Crippen molar-refractivity contribution in [3.05, 3.63) is 58.0 Å². The summed E-state index contributed by atoms with van der Waals surface area (Å²) in [4.78, 5) is 26.8. The second-order valence-corrected chi connectivity index (χ2v) is 12.9. The molecule has 2 aliphatic rings. The Morgan fingerprint density at radius 2 is 1.72 bits per heavy atom. The summed E-state index contributed by atoms with van der Waals surface area (Å²) in [5.41, 5.74) is 5.18. The number of nitrogens with one attached hydrogen (secondary N) is 1. The average Bonchev–Trinajstić information content (AvgIpc) is 3.41. The lowest BCUT2D eigenvalue weighted by atomic mass is 9.62. The van der Waals surface area contributed by atoms with Crippen molar-refractivity contribution in [3.63, 3.8) is 0 Å². The number of aryl methyl sites for hydroxylation is 1. The first-order valence-electron chi connectivity index (χ1n) is 13.2. The van der Waals surface area contributed by atoms with Crippen molar-refractivity contribution < 1.29 is 18.7 Å². The van der Waals surface area contributed by atoms with Crippen LogP contribution in [-0.4, -0.2) is 41.6 Å². The molecular weight excluding hydrogens is 452 g/mol. The number of benzene rings is 1. The Labute approximate surface area is 215 Å². The summed E-state index contributed by atoms with van der Waals surface area (Å²) in [6, 6.07) is 8.24.